The summed E-state index contributed by atoms with van der Waals surface area (Å²) in [6.07, 6.45) is 2.61. The van der Waals surface area contributed by atoms with Crippen molar-refractivity contribution in [3.05, 3.63) is 70.4 Å². The van der Waals surface area contributed by atoms with Crippen LogP contribution in [0.4, 0.5) is 14.9 Å². The number of aromatic amines is 1. The minimum atomic E-state index is -0.740. The Labute approximate surface area is 236 Å². The number of amides is 2. The van der Waals surface area contributed by atoms with Crippen LogP contribution in [0.25, 0.3) is 11.3 Å². The number of aromatic nitrogens is 2. The first-order valence-electron chi connectivity index (χ1n) is 13.2. The Hall–Kier alpha value is -3.92. The zero-order valence-corrected chi connectivity index (χ0v) is 23.0. The van der Waals surface area contributed by atoms with Gasteiger partial charge in [0, 0.05) is 30.0 Å². The molecule has 0 aliphatic carbocycles. The van der Waals surface area contributed by atoms with Gasteiger partial charge in [-0.1, -0.05) is 49.2 Å². The topological polar surface area (TPSA) is 114 Å². The molecule has 11 heteroatoms. The van der Waals surface area contributed by atoms with E-state index >= 15 is 0 Å². The Kier molecular flexibility index (Phi) is 8.07. The molecule has 1 unspecified atom stereocenters. The third-order valence-electron chi connectivity index (χ3n) is 7.50. The quantitative estimate of drug-likeness (QED) is 0.375. The number of carbonyl (C=O) groups is 3. The number of hydrogen-bond donors (Lipinski definition) is 2. The zero-order valence-electron chi connectivity index (χ0n) is 22.2. The van der Waals surface area contributed by atoms with Crippen LogP contribution in [0.2, 0.25) is 5.02 Å². The summed E-state index contributed by atoms with van der Waals surface area (Å²) in [5.74, 6) is -0.811. The average Bonchev–Trinajstić information content (AvgIpc) is 3.42. The first kappa shape index (κ1) is 27.6. The third-order valence-corrected chi connectivity index (χ3v) is 7.79. The second-order valence-corrected chi connectivity index (χ2v) is 10.6. The van der Waals surface area contributed by atoms with E-state index in [-0.39, 0.29) is 34.8 Å². The molecule has 0 saturated carbocycles. The van der Waals surface area contributed by atoms with Crippen molar-refractivity contribution < 1.29 is 28.2 Å². The van der Waals surface area contributed by atoms with Gasteiger partial charge in [0.15, 0.2) is 0 Å². The maximum atomic E-state index is 14.6. The van der Waals surface area contributed by atoms with E-state index in [1.54, 1.807) is 35.4 Å². The van der Waals surface area contributed by atoms with Gasteiger partial charge >= 0.3 is 12.1 Å². The van der Waals surface area contributed by atoms with Gasteiger partial charge in [0.05, 0.1) is 42.2 Å². The number of fused-ring (bicyclic) bond motifs is 4. The first-order chi connectivity index (χ1) is 19.2. The smallest absolute Gasteiger partial charge is 0.411 e. The number of nitrogens with zero attached hydrogens (tertiary/aromatic N) is 2. The van der Waals surface area contributed by atoms with Gasteiger partial charge in [-0.3, -0.25) is 14.5 Å². The van der Waals surface area contributed by atoms with Crippen LogP contribution < -0.4 is 5.32 Å². The Balaban J connectivity index is 1.44. The van der Waals surface area contributed by atoms with Crippen molar-refractivity contribution in [2.45, 2.75) is 51.2 Å². The lowest BCUT2D eigenvalue weighted by molar-refractivity contribution is -0.139. The number of methoxy groups -OCH3 is 1. The molecule has 1 aromatic heterocycles. The van der Waals surface area contributed by atoms with Gasteiger partial charge in [0.1, 0.15) is 17.7 Å². The highest BCUT2D eigenvalue weighted by Gasteiger charge is 2.36. The Bertz CT molecular complexity index is 1440. The first-order valence-corrected chi connectivity index (χ1v) is 13.6. The minimum Gasteiger partial charge on any atom is -0.469 e. The predicted octanol–water partition coefficient (Wildman–Crippen LogP) is 5.97. The molecule has 2 aliphatic heterocycles. The molecular weight excluding hydrogens is 539 g/mol. The number of cyclic esters (lactones) is 1. The van der Waals surface area contributed by atoms with Gasteiger partial charge in [-0.2, -0.15) is 0 Å². The van der Waals surface area contributed by atoms with Gasteiger partial charge in [0.25, 0.3) is 0 Å². The van der Waals surface area contributed by atoms with Crippen LogP contribution in [0.5, 0.6) is 0 Å². The van der Waals surface area contributed by atoms with Crippen LogP contribution in [0.3, 0.4) is 0 Å². The summed E-state index contributed by atoms with van der Waals surface area (Å²) in [5.41, 5.74) is 2.85. The number of anilines is 1. The number of H-pyrrole nitrogens is 1. The summed E-state index contributed by atoms with van der Waals surface area (Å²) >= 11 is 5.94. The Morgan fingerprint density at radius 3 is 2.83 bits per heavy atom. The number of esters is 1. The molecule has 0 spiro atoms. The Morgan fingerprint density at radius 1 is 1.23 bits per heavy atom. The summed E-state index contributed by atoms with van der Waals surface area (Å²) in [6, 6.07) is 9.61. The van der Waals surface area contributed by atoms with Gasteiger partial charge in [0.2, 0.25) is 5.91 Å². The second kappa shape index (κ2) is 11.7. The molecule has 2 bridgehead atoms. The highest BCUT2D eigenvalue weighted by molar-refractivity contribution is 6.30. The van der Waals surface area contributed by atoms with E-state index < -0.39 is 24.1 Å². The fourth-order valence-electron chi connectivity index (χ4n) is 5.23. The maximum Gasteiger partial charge on any atom is 0.411 e. The van der Waals surface area contributed by atoms with Crippen molar-refractivity contribution in [3.8, 4) is 11.3 Å². The van der Waals surface area contributed by atoms with Crippen molar-refractivity contribution in [1.29, 1.82) is 0 Å². The van der Waals surface area contributed by atoms with Gasteiger partial charge in [-0.15, -0.1) is 0 Å². The molecule has 40 heavy (non-hydrogen) atoms. The number of imidazole rings is 1. The molecule has 5 rings (SSSR count). The number of benzene rings is 2. The molecule has 1 fully saturated rings. The summed E-state index contributed by atoms with van der Waals surface area (Å²) < 4.78 is 25.1. The van der Waals surface area contributed by atoms with Crippen LogP contribution in [0.15, 0.2) is 42.6 Å². The second-order valence-electron chi connectivity index (χ2n) is 10.1. The van der Waals surface area contributed by atoms with Crippen LogP contribution in [-0.2, 0) is 25.5 Å². The molecule has 3 heterocycles. The van der Waals surface area contributed by atoms with Crippen molar-refractivity contribution in [2.75, 3.05) is 19.0 Å². The van der Waals surface area contributed by atoms with Crippen molar-refractivity contribution in [2.24, 2.45) is 5.92 Å². The molecular formula is C29H30ClFN4O5. The van der Waals surface area contributed by atoms with E-state index in [9.17, 15) is 18.8 Å². The van der Waals surface area contributed by atoms with Crippen molar-refractivity contribution in [3.63, 3.8) is 0 Å². The molecule has 3 atom stereocenters. The van der Waals surface area contributed by atoms with Gasteiger partial charge in [-0.05, 0) is 30.5 Å². The average molecular weight is 569 g/mol. The maximum absolute atomic E-state index is 14.6. The summed E-state index contributed by atoms with van der Waals surface area (Å²) in [7, 11) is 1.33. The number of nitrogens with one attached hydrogen (secondary N) is 2. The number of rotatable bonds is 4. The molecule has 2 N–H and O–H groups in total. The van der Waals surface area contributed by atoms with E-state index in [1.165, 1.54) is 13.2 Å². The molecule has 9 nitrogen and oxygen atoms in total. The van der Waals surface area contributed by atoms with E-state index in [0.29, 0.717) is 60.6 Å². The lowest BCUT2D eigenvalue weighted by Crippen LogP contribution is -2.42. The molecule has 1 saturated heterocycles. The number of ether oxygens (including phenoxy) is 2. The van der Waals surface area contributed by atoms with Crippen LogP contribution in [0.1, 0.15) is 61.7 Å². The van der Waals surface area contributed by atoms with Gasteiger partial charge < -0.3 is 19.8 Å². The molecule has 2 aliphatic rings. The fraction of sp³-hybridized carbons (Fsp3) is 0.379. The van der Waals surface area contributed by atoms with Crippen LogP contribution in [-0.4, -0.2) is 46.5 Å². The highest BCUT2D eigenvalue weighted by Crippen LogP contribution is 2.37. The normalized spacial score (nSPS) is 21.4. The molecule has 2 aromatic carbocycles. The minimum absolute atomic E-state index is 0.0192. The van der Waals surface area contributed by atoms with E-state index in [1.807, 2.05) is 13.0 Å². The summed E-state index contributed by atoms with van der Waals surface area (Å²) in [5, 5.41) is 2.99. The summed E-state index contributed by atoms with van der Waals surface area (Å²) in [6.45, 7) is 2.19. The zero-order chi connectivity index (χ0) is 28.4. The third kappa shape index (κ3) is 5.67. The van der Waals surface area contributed by atoms with Gasteiger partial charge in [-0.25, -0.2) is 14.2 Å². The summed E-state index contributed by atoms with van der Waals surface area (Å²) in [4.78, 5) is 47.7. The standard InChI is InChI=1S/C29H30ClFN4O5/c1-16-5-3-8-23(35-12-11-24(40-29(35)38)19-6-4-7-20(30)26(19)31)27-32-15-22(33-27)18-10-9-17(14-25(36)39-2)13-21(18)34-28(16)37/h4,6-7,9-10,13,15-16,23-24H,3,5,8,11-12,14H2,1-2H3,(H,32,33)(H,34,37)/t16-,23+,24?/m1/s1. The SMILES string of the molecule is COC(=O)Cc1ccc2c(c1)NC(=O)[C@H](C)CCC[C@H](N1CCC(c3cccc(Cl)c3F)OC1=O)c1ncc-2[nH]1. The molecule has 210 valence electrons. The lowest BCUT2D eigenvalue weighted by atomic mass is 9.97. The van der Waals surface area contributed by atoms with Crippen LogP contribution in [0, 0.1) is 11.7 Å². The number of halogens is 2. The molecule has 0 radical (unpaired) electrons. The molecule has 3 aromatic rings. The van der Waals surface area contributed by atoms with E-state index in [2.05, 4.69) is 15.3 Å². The van der Waals surface area contributed by atoms with Crippen molar-refractivity contribution in [1.82, 2.24) is 14.9 Å². The van der Waals surface area contributed by atoms with E-state index in [4.69, 9.17) is 21.1 Å². The molecule has 2 amide bonds. The highest BCUT2D eigenvalue weighted by atomic mass is 35.5. The predicted molar refractivity (Wildman–Crippen MR) is 146 cm³/mol. The largest absolute Gasteiger partial charge is 0.469 e. The Morgan fingerprint density at radius 2 is 2.05 bits per heavy atom. The van der Waals surface area contributed by atoms with E-state index in [0.717, 1.165) is 0 Å². The number of carbonyl (C=O) groups excluding carboxylic acids is 3. The lowest BCUT2D eigenvalue weighted by Gasteiger charge is -2.36. The van der Waals surface area contributed by atoms with Crippen LogP contribution >= 0.6 is 11.6 Å². The van der Waals surface area contributed by atoms with Crippen molar-refractivity contribution >= 4 is 35.3 Å². The number of hydrogen-bond acceptors (Lipinski definition) is 6. The monoisotopic (exact) mass is 568 g/mol. The fourth-order valence-corrected chi connectivity index (χ4v) is 5.41.